The van der Waals surface area contributed by atoms with Gasteiger partial charge in [-0.25, -0.2) is 8.42 Å². The number of hydrogen-bond donors (Lipinski definition) is 1. The highest BCUT2D eigenvalue weighted by Crippen LogP contribution is 2.35. The Labute approximate surface area is 114 Å². The molecule has 0 bridgehead atoms. The van der Waals surface area contributed by atoms with Gasteiger partial charge in [0, 0.05) is 11.8 Å². The monoisotopic (exact) mass is 283 g/mol. The number of fused-ring (bicyclic) bond motifs is 1. The van der Waals surface area contributed by atoms with Crippen molar-refractivity contribution in [3.8, 4) is 5.75 Å². The first-order chi connectivity index (χ1) is 9.03. The molecule has 0 aliphatic heterocycles. The summed E-state index contributed by atoms with van der Waals surface area (Å²) in [5.74, 6) is 1.25. The molecule has 1 aliphatic rings. The van der Waals surface area contributed by atoms with Crippen LogP contribution in [0.1, 0.15) is 36.9 Å². The van der Waals surface area contributed by atoms with Gasteiger partial charge < -0.3 is 10.5 Å². The van der Waals surface area contributed by atoms with Crippen molar-refractivity contribution >= 4 is 9.84 Å². The van der Waals surface area contributed by atoms with Crippen LogP contribution < -0.4 is 10.5 Å². The van der Waals surface area contributed by atoms with Gasteiger partial charge in [0.05, 0.1) is 12.4 Å². The molecular weight excluding hydrogens is 262 g/mol. The number of rotatable bonds is 6. The van der Waals surface area contributed by atoms with Crippen LogP contribution in [0.4, 0.5) is 0 Å². The third-order valence-corrected chi connectivity index (χ3v) is 5.36. The van der Waals surface area contributed by atoms with Crippen LogP contribution in [0.3, 0.4) is 0 Å². The minimum atomic E-state index is -2.89. The second-order valence-electron chi connectivity index (χ2n) is 4.91. The van der Waals surface area contributed by atoms with Crippen molar-refractivity contribution in [2.24, 2.45) is 5.73 Å². The van der Waals surface area contributed by atoms with E-state index in [-0.39, 0.29) is 17.5 Å². The van der Waals surface area contributed by atoms with E-state index >= 15 is 0 Å². The van der Waals surface area contributed by atoms with Crippen molar-refractivity contribution in [2.45, 2.75) is 32.2 Å². The number of nitrogens with two attached hydrogens (primary N) is 1. The summed E-state index contributed by atoms with van der Waals surface area (Å²) in [5.41, 5.74) is 8.36. The standard InChI is InChI=1S/C14H21NO3S/c1-2-19(16,17)10-4-9-18-14-6-3-5-11-12(14)7-8-13(11)15/h3,5-6,13H,2,4,7-10,15H2,1H3. The predicted octanol–water partition coefficient (Wildman–Crippen LogP) is 1.84. The molecule has 1 aromatic rings. The first-order valence-corrected chi connectivity index (χ1v) is 8.56. The summed E-state index contributed by atoms with van der Waals surface area (Å²) in [4.78, 5) is 0. The molecule has 2 rings (SSSR count). The molecule has 1 aliphatic carbocycles. The molecule has 0 amide bonds. The zero-order chi connectivity index (χ0) is 13.9. The van der Waals surface area contributed by atoms with Crippen LogP contribution >= 0.6 is 0 Å². The van der Waals surface area contributed by atoms with E-state index in [1.165, 1.54) is 11.1 Å². The molecule has 0 fully saturated rings. The average Bonchev–Trinajstić information content (AvgIpc) is 2.78. The quantitative estimate of drug-likeness (QED) is 0.809. The summed E-state index contributed by atoms with van der Waals surface area (Å²) >= 11 is 0. The van der Waals surface area contributed by atoms with Crippen LogP contribution in [0, 0.1) is 0 Å². The van der Waals surface area contributed by atoms with Crippen molar-refractivity contribution in [1.82, 2.24) is 0 Å². The van der Waals surface area contributed by atoms with Crippen LogP contribution in [-0.2, 0) is 16.3 Å². The van der Waals surface area contributed by atoms with Gasteiger partial charge in [0.25, 0.3) is 0 Å². The molecule has 0 heterocycles. The molecule has 2 N–H and O–H groups in total. The number of hydrogen-bond acceptors (Lipinski definition) is 4. The molecule has 0 radical (unpaired) electrons. The number of sulfone groups is 1. The van der Waals surface area contributed by atoms with Gasteiger partial charge in [-0.2, -0.15) is 0 Å². The van der Waals surface area contributed by atoms with Gasteiger partial charge in [0.2, 0.25) is 0 Å². The van der Waals surface area contributed by atoms with Gasteiger partial charge in [0.15, 0.2) is 0 Å². The van der Waals surface area contributed by atoms with Gasteiger partial charge in [-0.15, -0.1) is 0 Å². The molecule has 0 spiro atoms. The van der Waals surface area contributed by atoms with E-state index in [9.17, 15) is 8.42 Å². The van der Waals surface area contributed by atoms with Crippen LogP contribution in [0.15, 0.2) is 18.2 Å². The Morgan fingerprint density at radius 2 is 2.21 bits per heavy atom. The molecule has 1 aromatic carbocycles. The van der Waals surface area contributed by atoms with Crippen LogP contribution in [0.5, 0.6) is 5.75 Å². The van der Waals surface area contributed by atoms with E-state index in [1.807, 2.05) is 18.2 Å². The van der Waals surface area contributed by atoms with E-state index in [0.717, 1.165) is 18.6 Å². The maximum atomic E-state index is 11.4. The Bertz CT molecular complexity index is 540. The SMILES string of the molecule is CCS(=O)(=O)CCCOc1cccc2c1CCC2N. The minimum Gasteiger partial charge on any atom is -0.493 e. The van der Waals surface area contributed by atoms with E-state index < -0.39 is 9.84 Å². The Morgan fingerprint density at radius 3 is 2.95 bits per heavy atom. The fourth-order valence-electron chi connectivity index (χ4n) is 2.39. The largest absolute Gasteiger partial charge is 0.493 e. The lowest BCUT2D eigenvalue weighted by atomic mass is 10.1. The highest BCUT2D eigenvalue weighted by Gasteiger charge is 2.22. The lowest BCUT2D eigenvalue weighted by molar-refractivity contribution is 0.315. The second-order valence-corrected chi connectivity index (χ2v) is 7.38. The zero-order valence-electron chi connectivity index (χ0n) is 11.3. The Balaban J connectivity index is 1.91. The molecule has 0 saturated carbocycles. The minimum absolute atomic E-state index is 0.110. The van der Waals surface area contributed by atoms with Gasteiger partial charge >= 0.3 is 0 Å². The maximum absolute atomic E-state index is 11.4. The number of ether oxygens (including phenoxy) is 1. The fourth-order valence-corrected chi connectivity index (χ4v) is 3.24. The summed E-state index contributed by atoms with van der Waals surface area (Å²) in [6, 6.07) is 6.04. The smallest absolute Gasteiger partial charge is 0.150 e. The highest BCUT2D eigenvalue weighted by molar-refractivity contribution is 7.91. The van der Waals surface area contributed by atoms with Gasteiger partial charge in [-0.05, 0) is 36.5 Å². The van der Waals surface area contributed by atoms with E-state index in [2.05, 4.69) is 0 Å². The van der Waals surface area contributed by atoms with Gasteiger partial charge in [-0.3, -0.25) is 0 Å². The summed E-state index contributed by atoms with van der Waals surface area (Å²) in [5, 5.41) is 0. The van der Waals surface area contributed by atoms with Gasteiger partial charge in [0.1, 0.15) is 15.6 Å². The molecule has 1 unspecified atom stereocenters. The third kappa shape index (κ3) is 3.48. The Hall–Kier alpha value is -1.07. The zero-order valence-corrected chi connectivity index (χ0v) is 12.1. The molecule has 0 saturated heterocycles. The maximum Gasteiger partial charge on any atom is 0.150 e. The summed E-state index contributed by atoms with van der Waals surface area (Å²) in [6.07, 6.45) is 2.44. The average molecular weight is 283 g/mol. The molecular formula is C14H21NO3S. The van der Waals surface area contributed by atoms with Crippen molar-refractivity contribution in [2.75, 3.05) is 18.1 Å². The van der Waals surface area contributed by atoms with E-state index in [1.54, 1.807) is 6.92 Å². The molecule has 106 valence electrons. The first kappa shape index (κ1) is 14.3. The lowest BCUT2D eigenvalue weighted by Gasteiger charge is -2.11. The normalized spacial score (nSPS) is 18.3. The molecule has 5 heteroatoms. The lowest BCUT2D eigenvalue weighted by Crippen LogP contribution is -2.12. The predicted molar refractivity (Wildman–Crippen MR) is 76.1 cm³/mol. The first-order valence-electron chi connectivity index (χ1n) is 6.74. The van der Waals surface area contributed by atoms with Crippen LogP contribution in [0.25, 0.3) is 0 Å². The summed E-state index contributed by atoms with van der Waals surface area (Å²) in [6.45, 7) is 2.10. The molecule has 19 heavy (non-hydrogen) atoms. The van der Waals surface area contributed by atoms with Crippen LogP contribution in [0.2, 0.25) is 0 Å². The number of benzene rings is 1. The summed E-state index contributed by atoms with van der Waals surface area (Å²) < 4.78 is 28.5. The Kier molecular flexibility index (Phi) is 4.47. The summed E-state index contributed by atoms with van der Waals surface area (Å²) in [7, 11) is -2.89. The highest BCUT2D eigenvalue weighted by atomic mass is 32.2. The van der Waals surface area contributed by atoms with E-state index in [0.29, 0.717) is 13.0 Å². The van der Waals surface area contributed by atoms with Crippen molar-refractivity contribution < 1.29 is 13.2 Å². The van der Waals surface area contributed by atoms with Crippen molar-refractivity contribution in [3.05, 3.63) is 29.3 Å². The van der Waals surface area contributed by atoms with Gasteiger partial charge in [-0.1, -0.05) is 19.1 Å². The third-order valence-electron chi connectivity index (χ3n) is 3.57. The second kappa shape index (κ2) is 5.92. The van der Waals surface area contributed by atoms with Crippen molar-refractivity contribution in [3.63, 3.8) is 0 Å². The van der Waals surface area contributed by atoms with Crippen LogP contribution in [-0.4, -0.2) is 26.5 Å². The molecule has 1 atom stereocenters. The van der Waals surface area contributed by atoms with E-state index in [4.69, 9.17) is 10.5 Å². The topological polar surface area (TPSA) is 69.4 Å². The van der Waals surface area contributed by atoms with Crippen molar-refractivity contribution in [1.29, 1.82) is 0 Å². The molecule has 4 nitrogen and oxygen atoms in total. The Morgan fingerprint density at radius 1 is 1.42 bits per heavy atom. The fraction of sp³-hybridized carbons (Fsp3) is 0.571. The molecule has 0 aromatic heterocycles.